The Morgan fingerprint density at radius 1 is 1.00 bits per heavy atom. The van der Waals surface area contributed by atoms with Crippen LogP contribution in [0.4, 0.5) is 0 Å². The molecule has 0 amide bonds. The van der Waals surface area contributed by atoms with Gasteiger partial charge in [-0.25, -0.2) is 0 Å². The molecule has 0 spiro atoms. The molecule has 0 bridgehead atoms. The molecule has 0 N–H and O–H groups in total. The lowest BCUT2D eigenvalue weighted by Crippen LogP contribution is -2.20. The van der Waals surface area contributed by atoms with Crippen molar-refractivity contribution in [2.75, 3.05) is 0 Å². The standard InChI is InChI=1S/C19H29N/c1-5-15(3)13-18(16(4)6-2)14-20-12-11-17-9-7-8-10-19(17)20/h7-12,15-16,18H,5-6,13-14H2,1-4H3. The van der Waals surface area contributed by atoms with Gasteiger partial charge in [0.15, 0.2) is 0 Å². The van der Waals surface area contributed by atoms with Gasteiger partial charge < -0.3 is 4.57 Å². The number of para-hydroxylation sites is 1. The van der Waals surface area contributed by atoms with Crippen LogP contribution in [0.5, 0.6) is 0 Å². The van der Waals surface area contributed by atoms with Gasteiger partial charge in [0.2, 0.25) is 0 Å². The molecule has 1 aromatic carbocycles. The Morgan fingerprint density at radius 3 is 2.45 bits per heavy atom. The van der Waals surface area contributed by atoms with Crippen molar-refractivity contribution in [1.29, 1.82) is 0 Å². The first-order chi connectivity index (χ1) is 9.65. The van der Waals surface area contributed by atoms with E-state index < -0.39 is 0 Å². The van der Waals surface area contributed by atoms with Crippen LogP contribution in [0.25, 0.3) is 10.9 Å². The number of nitrogens with zero attached hydrogens (tertiary/aromatic N) is 1. The molecule has 0 fully saturated rings. The highest BCUT2D eigenvalue weighted by molar-refractivity contribution is 5.79. The van der Waals surface area contributed by atoms with Crippen molar-refractivity contribution in [2.45, 2.75) is 53.5 Å². The predicted octanol–water partition coefficient (Wildman–Crippen LogP) is 5.74. The van der Waals surface area contributed by atoms with Gasteiger partial charge in [0.05, 0.1) is 0 Å². The zero-order chi connectivity index (χ0) is 14.5. The zero-order valence-electron chi connectivity index (χ0n) is 13.5. The van der Waals surface area contributed by atoms with Crippen LogP contribution in [0, 0.1) is 17.8 Å². The number of benzene rings is 1. The summed E-state index contributed by atoms with van der Waals surface area (Å²) in [5, 5.41) is 1.36. The third-order valence-electron chi connectivity index (χ3n) is 4.96. The van der Waals surface area contributed by atoms with Crippen LogP contribution in [0.3, 0.4) is 0 Å². The van der Waals surface area contributed by atoms with Crippen LogP contribution in [0.15, 0.2) is 36.5 Å². The molecule has 1 heterocycles. The van der Waals surface area contributed by atoms with E-state index in [0.29, 0.717) is 0 Å². The lowest BCUT2D eigenvalue weighted by molar-refractivity contribution is 0.252. The second-order valence-corrected chi connectivity index (χ2v) is 6.42. The maximum Gasteiger partial charge on any atom is 0.0480 e. The van der Waals surface area contributed by atoms with Gasteiger partial charge in [-0.15, -0.1) is 0 Å². The number of hydrogen-bond donors (Lipinski definition) is 0. The first kappa shape index (κ1) is 15.2. The molecule has 110 valence electrons. The molecule has 1 heteroatoms. The Labute approximate surface area is 124 Å². The van der Waals surface area contributed by atoms with Crippen molar-refractivity contribution in [1.82, 2.24) is 4.57 Å². The Balaban J connectivity index is 2.18. The normalized spacial score (nSPS) is 16.2. The topological polar surface area (TPSA) is 4.93 Å². The van der Waals surface area contributed by atoms with E-state index in [1.54, 1.807) is 0 Å². The summed E-state index contributed by atoms with van der Waals surface area (Å²) in [5.41, 5.74) is 1.38. The van der Waals surface area contributed by atoms with Gasteiger partial charge in [-0.2, -0.15) is 0 Å². The fraction of sp³-hybridized carbons (Fsp3) is 0.579. The van der Waals surface area contributed by atoms with Crippen molar-refractivity contribution < 1.29 is 0 Å². The smallest absolute Gasteiger partial charge is 0.0480 e. The molecule has 0 saturated heterocycles. The van der Waals surface area contributed by atoms with E-state index in [1.165, 1.54) is 30.2 Å². The summed E-state index contributed by atoms with van der Waals surface area (Å²) in [6.45, 7) is 10.6. The van der Waals surface area contributed by atoms with E-state index in [-0.39, 0.29) is 0 Å². The third kappa shape index (κ3) is 3.45. The lowest BCUT2D eigenvalue weighted by Gasteiger charge is -2.26. The molecule has 0 saturated carbocycles. The van der Waals surface area contributed by atoms with Gasteiger partial charge in [-0.1, -0.05) is 58.7 Å². The maximum atomic E-state index is 2.45. The van der Waals surface area contributed by atoms with Crippen LogP contribution < -0.4 is 0 Å². The van der Waals surface area contributed by atoms with Gasteiger partial charge in [0.25, 0.3) is 0 Å². The molecule has 1 nitrogen and oxygen atoms in total. The van der Waals surface area contributed by atoms with E-state index >= 15 is 0 Å². The fourth-order valence-corrected chi connectivity index (χ4v) is 3.06. The molecule has 3 atom stereocenters. The molecule has 3 unspecified atom stereocenters. The molecular formula is C19H29N. The van der Waals surface area contributed by atoms with E-state index in [2.05, 4.69) is 68.8 Å². The minimum Gasteiger partial charge on any atom is -0.347 e. The van der Waals surface area contributed by atoms with Crippen molar-refractivity contribution in [3.63, 3.8) is 0 Å². The minimum atomic E-state index is 0.783. The van der Waals surface area contributed by atoms with E-state index in [1.807, 2.05) is 0 Å². The van der Waals surface area contributed by atoms with Crippen LogP contribution in [0.2, 0.25) is 0 Å². The average Bonchev–Trinajstić information content (AvgIpc) is 2.89. The Morgan fingerprint density at radius 2 is 1.75 bits per heavy atom. The minimum absolute atomic E-state index is 0.783. The van der Waals surface area contributed by atoms with Gasteiger partial charge >= 0.3 is 0 Å². The average molecular weight is 271 g/mol. The number of aromatic nitrogens is 1. The highest BCUT2D eigenvalue weighted by Crippen LogP contribution is 2.28. The molecule has 0 aliphatic carbocycles. The van der Waals surface area contributed by atoms with Crippen LogP contribution in [-0.2, 0) is 6.54 Å². The summed E-state index contributed by atoms with van der Waals surface area (Å²) in [6.07, 6.45) is 6.17. The largest absolute Gasteiger partial charge is 0.347 e. The SMILES string of the molecule is CCC(C)CC(Cn1ccc2ccccc21)C(C)CC. The van der Waals surface area contributed by atoms with Crippen molar-refractivity contribution >= 4 is 10.9 Å². The Bertz CT molecular complexity index is 525. The molecule has 0 aliphatic rings. The summed E-state index contributed by atoms with van der Waals surface area (Å²) in [4.78, 5) is 0. The molecule has 0 radical (unpaired) electrons. The molecular weight excluding hydrogens is 242 g/mol. The van der Waals surface area contributed by atoms with E-state index in [0.717, 1.165) is 24.3 Å². The maximum absolute atomic E-state index is 2.45. The Kier molecular flexibility index (Phi) is 5.28. The number of fused-ring (bicyclic) bond motifs is 1. The molecule has 20 heavy (non-hydrogen) atoms. The second kappa shape index (κ2) is 6.97. The van der Waals surface area contributed by atoms with E-state index in [4.69, 9.17) is 0 Å². The third-order valence-corrected chi connectivity index (χ3v) is 4.96. The molecule has 0 aliphatic heterocycles. The Hall–Kier alpha value is -1.24. The second-order valence-electron chi connectivity index (χ2n) is 6.42. The monoisotopic (exact) mass is 271 g/mol. The number of rotatable bonds is 7. The highest BCUT2D eigenvalue weighted by Gasteiger charge is 2.19. The summed E-state index contributed by atoms with van der Waals surface area (Å²) in [6, 6.07) is 11.0. The quantitative estimate of drug-likeness (QED) is 0.605. The number of hydrogen-bond acceptors (Lipinski definition) is 0. The van der Waals surface area contributed by atoms with Gasteiger partial charge in [0.1, 0.15) is 0 Å². The van der Waals surface area contributed by atoms with E-state index in [9.17, 15) is 0 Å². The van der Waals surface area contributed by atoms with Crippen LogP contribution in [0.1, 0.15) is 47.0 Å². The summed E-state index contributed by atoms with van der Waals surface area (Å²) < 4.78 is 2.45. The van der Waals surface area contributed by atoms with Crippen molar-refractivity contribution in [2.24, 2.45) is 17.8 Å². The molecule has 2 aromatic rings. The zero-order valence-corrected chi connectivity index (χ0v) is 13.5. The van der Waals surface area contributed by atoms with Crippen molar-refractivity contribution in [3.8, 4) is 0 Å². The highest BCUT2D eigenvalue weighted by atomic mass is 15.0. The predicted molar refractivity (Wildman–Crippen MR) is 89.0 cm³/mol. The van der Waals surface area contributed by atoms with Gasteiger partial charge in [0, 0.05) is 18.3 Å². The first-order valence-corrected chi connectivity index (χ1v) is 8.19. The lowest BCUT2D eigenvalue weighted by atomic mass is 9.83. The molecule has 2 rings (SSSR count). The van der Waals surface area contributed by atoms with Gasteiger partial charge in [-0.3, -0.25) is 0 Å². The van der Waals surface area contributed by atoms with Crippen molar-refractivity contribution in [3.05, 3.63) is 36.5 Å². The van der Waals surface area contributed by atoms with Crippen LogP contribution >= 0.6 is 0 Å². The van der Waals surface area contributed by atoms with Crippen LogP contribution in [-0.4, -0.2) is 4.57 Å². The van der Waals surface area contributed by atoms with Gasteiger partial charge in [-0.05, 0) is 41.7 Å². The summed E-state index contributed by atoms with van der Waals surface area (Å²) >= 11 is 0. The summed E-state index contributed by atoms with van der Waals surface area (Å²) in [7, 11) is 0. The fourth-order valence-electron chi connectivity index (χ4n) is 3.06. The summed E-state index contributed by atoms with van der Waals surface area (Å²) in [5.74, 6) is 2.41. The first-order valence-electron chi connectivity index (χ1n) is 8.19. The molecule has 1 aromatic heterocycles.